The van der Waals surface area contributed by atoms with Crippen LogP contribution in [0.4, 0.5) is 17.1 Å². The Labute approximate surface area is 182 Å². The second kappa shape index (κ2) is 9.36. The molecule has 7 nitrogen and oxygen atoms in total. The molecule has 0 unspecified atom stereocenters. The van der Waals surface area contributed by atoms with Crippen LogP contribution in [0.2, 0.25) is 0 Å². The molecule has 0 aliphatic carbocycles. The van der Waals surface area contributed by atoms with E-state index in [1.165, 1.54) is 6.26 Å². The maximum atomic E-state index is 11.7. The van der Waals surface area contributed by atoms with E-state index in [1.807, 2.05) is 30.3 Å². The van der Waals surface area contributed by atoms with Crippen LogP contribution in [0.1, 0.15) is 12.8 Å². The first-order valence-corrected chi connectivity index (χ1v) is 12.0. The number of hydrogen-bond donors (Lipinski definition) is 2. The molecule has 31 heavy (non-hydrogen) atoms. The van der Waals surface area contributed by atoms with Crippen LogP contribution in [-0.4, -0.2) is 38.9 Å². The molecule has 8 heteroatoms. The molecule has 1 aliphatic rings. The van der Waals surface area contributed by atoms with Crippen LogP contribution in [0.5, 0.6) is 11.5 Å². The van der Waals surface area contributed by atoms with Gasteiger partial charge < -0.3 is 20.1 Å². The predicted molar refractivity (Wildman–Crippen MR) is 121 cm³/mol. The number of benzene rings is 2. The summed E-state index contributed by atoms with van der Waals surface area (Å²) in [6.07, 6.45) is 6.50. The molecule has 0 radical (unpaired) electrons. The zero-order chi connectivity index (χ0) is 21.7. The van der Waals surface area contributed by atoms with Crippen molar-refractivity contribution in [1.29, 1.82) is 0 Å². The zero-order valence-electron chi connectivity index (χ0n) is 17.2. The van der Waals surface area contributed by atoms with Gasteiger partial charge in [-0.1, -0.05) is 0 Å². The fourth-order valence-corrected chi connectivity index (χ4v) is 3.99. The standard InChI is InChI=1S/C23H25N3O4S/c1-31(27,28)21-5-3-20(4-6-21)30-23-7-2-19(25-17-8-12-24-13-9-17)16-22(23)26-18-10-14-29-15-11-18/h2-9,12-13,16,18,26H,10-11,14-15H2,1H3,(H,24,25). The highest BCUT2D eigenvalue weighted by Gasteiger charge is 2.17. The molecular formula is C23H25N3O4S. The topological polar surface area (TPSA) is 89.6 Å². The van der Waals surface area contributed by atoms with Crippen molar-refractivity contribution in [3.8, 4) is 11.5 Å². The summed E-state index contributed by atoms with van der Waals surface area (Å²) in [5.41, 5.74) is 2.72. The Kier molecular flexibility index (Phi) is 6.39. The van der Waals surface area contributed by atoms with E-state index in [2.05, 4.69) is 15.6 Å². The molecule has 3 aromatic rings. The normalized spacial score (nSPS) is 14.7. The molecule has 1 fully saturated rings. The van der Waals surface area contributed by atoms with Gasteiger partial charge in [0.05, 0.1) is 10.6 Å². The Morgan fingerprint density at radius 1 is 0.968 bits per heavy atom. The molecule has 0 spiro atoms. The third-order valence-corrected chi connectivity index (χ3v) is 6.14. The van der Waals surface area contributed by atoms with Crippen molar-refractivity contribution in [2.24, 2.45) is 0 Å². The first kappa shape index (κ1) is 21.1. The van der Waals surface area contributed by atoms with E-state index < -0.39 is 9.84 Å². The van der Waals surface area contributed by atoms with Crippen molar-refractivity contribution < 1.29 is 17.9 Å². The van der Waals surface area contributed by atoms with Crippen LogP contribution in [0, 0.1) is 0 Å². The van der Waals surface area contributed by atoms with Gasteiger partial charge in [0.1, 0.15) is 5.75 Å². The summed E-state index contributed by atoms with van der Waals surface area (Å²) in [5, 5.41) is 6.95. The van der Waals surface area contributed by atoms with E-state index in [0.29, 0.717) is 17.5 Å². The van der Waals surface area contributed by atoms with Crippen molar-refractivity contribution in [2.75, 3.05) is 30.1 Å². The van der Waals surface area contributed by atoms with Crippen molar-refractivity contribution >= 4 is 26.9 Å². The monoisotopic (exact) mass is 439 g/mol. The lowest BCUT2D eigenvalue weighted by Crippen LogP contribution is -2.28. The van der Waals surface area contributed by atoms with E-state index in [9.17, 15) is 8.42 Å². The molecular weight excluding hydrogens is 414 g/mol. The molecule has 162 valence electrons. The average Bonchev–Trinajstić information content (AvgIpc) is 2.77. The molecule has 1 saturated heterocycles. The molecule has 0 saturated carbocycles. The lowest BCUT2D eigenvalue weighted by atomic mass is 10.1. The molecule has 0 atom stereocenters. The average molecular weight is 440 g/mol. The summed E-state index contributed by atoms with van der Waals surface area (Å²) in [4.78, 5) is 4.30. The van der Waals surface area contributed by atoms with Crippen LogP contribution in [0.15, 0.2) is 71.9 Å². The second-order valence-corrected chi connectivity index (χ2v) is 9.46. The molecule has 2 heterocycles. The zero-order valence-corrected chi connectivity index (χ0v) is 18.1. The summed E-state index contributed by atoms with van der Waals surface area (Å²) < 4.78 is 35.0. The summed E-state index contributed by atoms with van der Waals surface area (Å²) in [5.74, 6) is 1.23. The largest absolute Gasteiger partial charge is 0.455 e. The van der Waals surface area contributed by atoms with Gasteiger partial charge in [0.15, 0.2) is 15.6 Å². The van der Waals surface area contributed by atoms with E-state index >= 15 is 0 Å². The molecule has 2 aromatic carbocycles. The molecule has 1 aromatic heterocycles. The van der Waals surface area contributed by atoms with Crippen LogP contribution >= 0.6 is 0 Å². The maximum Gasteiger partial charge on any atom is 0.175 e. The lowest BCUT2D eigenvalue weighted by molar-refractivity contribution is 0.0904. The number of pyridine rings is 1. The highest BCUT2D eigenvalue weighted by molar-refractivity contribution is 7.90. The minimum Gasteiger partial charge on any atom is -0.455 e. The van der Waals surface area contributed by atoms with Gasteiger partial charge in [-0.3, -0.25) is 4.98 Å². The van der Waals surface area contributed by atoms with E-state index in [-0.39, 0.29) is 4.90 Å². The highest BCUT2D eigenvalue weighted by atomic mass is 32.2. The van der Waals surface area contributed by atoms with Gasteiger partial charge >= 0.3 is 0 Å². The SMILES string of the molecule is CS(=O)(=O)c1ccc(Oc2ccc(Nc3ccncc3)cc2NC2CCOCC2)cc1. The van der Waals surface area contributed by atoms with Gasteiger partial charge in [-0.15, -0.1) is 0 Å². The number of rotatable bonds is 7. The fourth-order valence-electron chi connectivity index (χ4n) is 3.36. The summed E-state index contributed by atoms with van der Waals surface area (Å²) in [6, 6.07) is 16.4. The molecule has 0 amide bonds. The van der Waals surface area contributed by atoms with Gasteiger partial charge in [-0.25, -0.2) is 8.42 Å². The Bertz CT molecular complexity index is 1110. The van der Waals surface area contributed by atoms with Gasteiger partial charge in [0, 0.05) is 49.3 Å². The van der Waals surface area contributed by atoms with Crippen molar-refractivity contribution in [3.63, 3.8) is 0 Å². The Hall–Kier alpha value is -3.10. The number of aromatic nitrogens is 1. The van der Waals surface area contributed by atoms with Crippen molar-refractivity contribution in [1.82, 2.24) is 4.98 Å². The van der Waals surface area contributed by atoms with Gasteiger partial charge in [-0.2, -0.15) is 0 Å². The molecule has 1 aliphatic heterocycles. The number of hydrogen-bond acceptors (Lipinski definition) is 7. The number of nitrogens with one attached hydrogen (secondary N) is 2. The minimum absolute atomic E-state index is 0.261. The Morgan fingerprint density at radius 3 is 2.35 bits per heavy atom. The second-order valence-electron chi connectivity index (χ2n) is 7.45. The molecule has 0 bridgehead atoms. The van der Waals surface area contributed by atoms with E-state index in [1.54, 1.807) is 36.7 Å². The number of ether oxygens (including phenoxy) is 2. The quantitative estimate of drug-likeness (QED) is 0.555. The van der Waals surface area contributed by atoms with Crippen LogP contribution < -0.4 is 15.4 Å². The summed E-state index contributed by atoms with van der Waals surface area (Å²) >= 11 is 0. The lowest BCUT2D eigenvalue weighted by Gasteiger charge is -2.25. The third kappa shape index (κ3) is 5.74. The van der Waals surface area contributed by atoms with Gasteiger partial charge in [0.25, 0.3) is 0 Å². The van der Waals surface area contributed by atoms with Crippen molar-refractivity contribution in [2.45, 2.75) is 23.8 Å². The summed E-state index contributed by atoms with van der Waals surface area (Å²) in [7, 11) is -3.25. The third-order valence-electron chi connectivity index (χ3n) is 5.01. The number of sulfone groups is 1. The van der Waals surface area contributed by atoms with Gasteiger partial charge in [0.2, 0.25) is 0 Å². The first-order valence-electron chi connectivity index (χ1n) is 10.1. The smallest absolute Gasteiger partial charge is 0.175 e. The van der Waals surface area contributed by atoms with E-state index in [4.69, 9.17) is 9.47 Å². The highest BCUT2D eigenvalue weighted by Crippen LogP contribution is 2.34. The van der Waals surface area contributed by atoms with Crippen molar-refractivity contribution in [3.05, 3.63) is 67.0 Å². The minimum atomic E-state index is -3.25. The van der Waals surface area contributed by atoms with Crippen LogP contribution in [0.3, 0.4) is 0 Å². The van der Waals surface area contributed by atoms with Gasteiger partial charge in [-0.05, 0) is 67.4 Å². The number of anilines is 3. The first-order chi connectivity index (χ1) is 15.0. The van der Waals surface area contributed by atoms with E-state index in [0.717, 1.165) is 43.1 Å². The molecule has 4 rings (SSSR count). The fraction of sp³-hybridized carbons (Fsp3) is 0.261. The Balaban J connectivity index is 1.58. The van der Waals surface area contributed by atoms with Crippen LogP contribution in [-0.2, 0) is 14.6 Å². The molecule has 2 N–H and O–H groups in total. The predicted octanol–water partition coefficient (Wildman–Crippen LogP) is 4.61. The summed E-state index contributed by atoms with van der Waals surface area (Å²) in [6.45, 7) is 1.46. The Morgan fingerprint density at radius 2 is 1.68 bits per heavy atom. The number of nitrogens with zero attached hydrogens (tertiary/aromatic N) is 1. The maximum absolute atomic E-state index is 11.7. The van der Waals surface area contributed by atoms with Crippen LogP contribution in [0.25, 0.3) is 0 Å².